The number of likely N-dealkylation sites (tertiary alicyclic amines) is 1. The molecule has 0 spiro atoms. The molecule has 21 heteroatoms. The summed E-state index contributed by atoms with van der Waals surface area (Å²) in [7, 11) is 0. The van der Waals surface area contributed by atoms with Crippen LogP contribution in [0.5, 0.6) is 0 Å². The van der Waals surface area contributed by atoms with E-state index in [9.17, 15) is 47.0 Å². The van der Waals surface area contributed by atoms with E-state index in [2.05, 4.69) is 15.6 Å². The van der Waals surface area contributed by atoms with E-state index in [1.165, 1.54) is 30.9 Å². The molecule has 384 valence electrons. The van der Waals surface area contributed by atoms with Gasteiger partial charge in [-0.3, -0.25) is 28.9 Å². The zero-order valence-corrected chi connectivity index (χ0v) is 41.5. The Balaban J connectivity index is 0.894. The van der Waals surface area contributed by atoms with Crippen LogP contribution in [0.4, 0.5) is 33.7 Å². The number of ether oxygens (including phenoxy) is 2. The molecule has 3 heterocycles. The van der Waals surface area contributed by atoms with Crippen molar-refractivity contribution in [2.24, 2.45) is 5.41 Å². The van der Waals surface area contributed by atoms with Crippen LogP contribution in [0, 0.1) is 29.5 Å². The van der Waals surface area contributed by atoms with Crippen LogP contribution in [-0.4, -0.2) is 107 Å². The standard InChI is InChI=1S/C51H57F4N7O9S/c1-30-43(72-29-58-30)32-13-11-31(12-14-32)27-57-45(66)40-25-36(63)28-60(40)46(67)44(49(2,3)4)59-42(65)10-8-20-71-22-21-70-19-7-9-41(64)37-18-17-35(24-39(37)52)62-48(69)61(47(68)50(62,5)6)34-16-15-33(26-56)38(23-34)51(53,54)55/h11-18,23-24,29,36,40,44,63H,7-10,19-22,25,27-28H2,1-6H3,(H,57,66)(H,59,65)/t36-,40+,44-/m1/s1. The predicted octanol–water partition coefficient (Wildman–Crippen LogP) is 7.49. The van der Waals surface area contributed by atoms with Gasteiger partial charge in [0.15, 0.2) is 5.78 Å². The number of Topliss-reactive ketones (excluding diaryl/α,β-unsaturated/α-hetero) is 1. The number of nitrogens with one attached hydrogen (secondary N) is 2. The van der Waals surface area contributed by atoms with E-state index in [-0.39, 0.29) is 76.5 Å². The number of aliphatic hydroxyl groups is 1. The molecule has 0 aliphatic carbocycles. The average molecular weight is 1020 g/mol. The van der Waals surface area contributed by atoms with Gasteiger partial charge in [-0.1, -0.05) is 45.0 Å². The van der Waals surface area contributed by atoms with Crippen LogP contribution in [0.1, 0.15) is 99.5 Å². The minimum atomic E-state index is -4.95. The number of rotatable bonds is 20. The van der Waals surface area contributed by atoms with Gasteiger partial charge in [0.25, 0.3) is 5.91 Å². The highest BCUT2D eigenvalue weighted by molar-refractivity contribution is 7.13. The Morgan fingerprint density at radius 3 is 2.19 bits per heavy atom. The summed E-state index contributed by atoms with van der Waals surface area (Å²) in [4.78, 5) is 88.5. The van der Waals surface area contributed by atoms with E-state index in [1.54, 1.807) is 37.6 Å². The number of nitrogens with zero attached hydrogens (tertiary/aromatic N) is 5. The van der Waals surface area contributed by atoms with Crippen molar-refractivity contribution in [3.63, 3.8) is 0 Å². The van der Waals surface area contributed by atoms with Gasteiger partial charge in [-0.2, -0.15) is 18.4 Å². The van der Waals surface area contributed by atoms with Gasteiger partial charge in [0.1, 0.15) is 23.4 Å². The van der Waals surface area contributed by atoms with Crippen molar-refractivity contribution in [1.29, 1.82) is 5.26 Å². The monoisotopic (exact) mass is 1020 g/mol. The third-order valence-corrected chi connectivity index (χ3v) is 13.3. The Labute approximate surface area is 418 Å². The van der Waals surface area contributed by atoms with Gasteiger partial charge in [0.2, 0.25) is 17.7 Å². The minimum Gasteiger partial charge on any atom is -0.391 e. The van der Waals surface area contributed by atoms with Crippen LogP contribution in [0.3, 0.4) is 0 Å². The molecule has 2 fully saturated rings. The summed E-state index contributed by atoms with van der Waals surface area (Å²) >= 11 is 1.55. The lowest BCUT2D eigenvalue weighted by Gasteiger charge is -2.35. The Hall–Kier alpha value is -6.60. The number of β-amino-alcohol motifs (C(OH)–C–C–N with tert-alkyl or cyclic N) is 1. The zero-order valence-electron chi connectivity index (χ0n) is 40.7. The lowest BCUT2D eigenvalue weighted by atomic mass is 9.85. The van der Waals surface area contributed by atoms with Crippen molar-refractivity contribution in [3.8, 4) is 16.5 Å². The van der Waals surface area contributed by atoms with Crippen LogP contribution >= 0.6 is 11.3 Å². The van der Waals surface area contributed by atoms with Crippen molar-refractivity contribution in [2.45, 2.75) is 110 Å². The fourth-order valence-electron chi connectivity index (χ4n) is 8.47. The Bertz CT molecular complexity index is 2720. The van der Waals surface area contributed by atoms with Gasteiger partial charge < -0.3 is 30.1 Å². The van der Waals surface area contributed by atoms with Gasteiger partial charge in [-0.15, -0.1) is 11.3 Å². The fourth-order valence-corrected chi connectivity index (χ4v) is 9.28. The first-order valence-electron chi connectivity index (χ1n) is 23.3. The number of anilines is 2. The van der Waals surface area contributed by atoms with E-state index in [4.69, 9.17) is 14.7 Å². The van der Waals surface area contributed by atoms with E-state index in [0.29, 0.717) is 17.4 Å². The van der Waals surface area contributed by atoms with Gasteiger partial charge in [0.05, 0.1) is 63.8 Å². The Morgan fingerprint density at radius 2 is 1.60 bits per heavy atom. The molecule has 0 bridgehead atoms. The molecule has 1 aromatic heterocycles. The van der Waals surface area contributed by atoms with Crippen LogP contribution in [0.2, 0.25) is 0 Å². The lowest BCUT2D eigenvalue weighted by Crippen LogP contribution is -2.57. The number of hydrogen-bond donors (Lipinski definition) is 3. The molecule has 0 unspecified atom stereocenters. The summed E-state index contributed by atoms with van der Waals surface area (Å²) in [6.45, 7) is 10.9. The number of alkyl halides is 3. The summed E-state index contributed by atoms with van der Waals surface area (Å²) in [5, 5.41) is 25.4. The molecule has 6 amide bonds. The van der Waals surface area contributed by atoms with E-state index in [0.717, 1.165) is 50.9 Å². The molecule has 3 atom stereocenters. The maximum absolute atomic E-state index is 15.4. The number of amides is 6. The van der Waals surface area contributed by atoms with Crippen LogP contribution < -0.4 is 20.4 Å². The number of aromatic nitrogens is 1. The summed E-state index contributed by atoms with van der Waals surface area (Å²) < 4.78 is 67.6. The average Bonchev–Trinajstić information content (AvgIpc) is 3.99. The third-order valence-electron chi connectivity index (χ3n) is 12.3. The first-order valence-corrected chi connectivity index (χ1v) is 24.1. The lowest BCUT2D eigenvalue weighted by molar-refractivity contribution is -0.144. The second-order valence-corrected chi connectivity index (χ2v) is 20.0. The van der Waals surface area contributed by atoms with Crippen molar-refractivity contribution in [1.82, 2.24) is 20.5 Å². The third kappa shape index (κ3) is 12.7. The predicted molar refractivity (Wildman–Crippen MR) is 258 cm³/mol. The molecule has 6 rings (SSSR count). The van der Waals surface area contributed by atoms with Crippen molar-refractivity contribution >= 4 is 58.2 Å². The summed E-state index contributed by atoms with van der Waals surface area (Å²) in [6.07, 6.45) is -5.30. The molecule has 16 nitrogen and oxygen atoms in total. The maximum Gasteiger partial charge on any atom is 0.417 e. The molecule has 2 saturated heterocycles. The van der Waals surface area contributed by atoms with Gasteiger partial charge in [-0.25, -0.2) is 19.1 Å². The van der Waals surface area contributed by atoms with Crippen molar-refractivity contribution < 1.29 is 60.9 Å². The number of halogens is 4. The number of carbonyl (C=O) groups is 6. The quantitative estimate of drug-likeness (QED) is 0.0342. The first-order chi connectivity index (χ1) is 33.9. The van der Waals surface area contributed by atoms with Crippen molar-refractivity contribution in [3.05, 3.63) is 99.9 Å². The van der Waals surface area contributed by atoms with Gasteiger partial charge in [-0.05, 0) is 86.6 Å². The molecule has 3 N–H and O–H groups in total. The van der Waals surface area contributed by atoms with E-state index >= 15 is 4.39 Å². The van der Waals surface area contributed by atoms with Gasteiger partial charge in [0, 0.05) is 51.3 Å². The molecule has 0 saturated carbocycles. The molecule has 2 aliphatic heterocycles. The smallest absolute Gasteiger partial charge is 0.391 e. The number of aryl methyl sites for hydroxylation is 1. The maximum atomic E-state index is 15.4. The number of imide groups is 1. The highest BCUT2D eigenvalue weighted by Crippen LogP contribution is 2.40. The highest BCUT2D eigenvalue weighted by Gasteiger charge is 2.53. The minimum absolute atomic E-state index is 0.0433. The largest absolute Gasteiger partial charge is 0.417 e. The second-order valence-electron chi connectivity index (χ2n) is 19.1. The number of ketones is 1. The van der Waals surface area contributed by atoms with Crippen molar-refractivity contribution in [2.75, 3.05) is 42.8 Å². The summed E-state index contributed by atoms with van der Waals surface area (Å²) in [5.41, 5.74) is -0.633. The normalized spacial score (nSPS) is 17.3. The molecule has 0 radical (unpaired) electrons. The molecule has 3 aromatic carbocycles. The summed E-state index contributed by atoms with van der Waals surface area (Å²) in [5.74, 6) is -3.71. The molecular formula is C51H57F4N7O9S. The molecule has 72 heavy (non-hydrogen) atoms. The Kier molecular flexibility index (Phi) is 17.4. The number of urea groups is 1. The summed E-state index contributed by atoms with van der Waals surface area (Å²) in [6, 6.07) is 12.0. The van der Waals surface area contributed by atoms with Crippen LogP contribution in [0.15, 0.2) is 66.2 Å². The Morgan fingerprint density at radius 1 is 0.944 bits per heavy atom. The molecule has 4 aromatic rings. The van der Waals surface area contributed by atoms with E-state index < -0.39 is 93.4 Å². The van der Waals surface area contributed by atoms with Crippen LogP contribution in [-0.2, 0) is 41.4 Å². The first kappa shape index (κ1) is 54.7. The number of hydrogen-bond acceptors (Lipinski definition) is 12. The molecule has 2 aliphatic rings. The number of aliphatic hydroxyl groups excluding tert-OH is 1. The van der Waals surface area contributed by atoms with E-state index in [1.807, 2.05) is 31.2 Å². The van der Waals surface area contributed by atoms with Crippen LogP contribution in [0.25, 0.3) is 10.4 Å². The molecular weight excluding hydrogens is 963 g/mol. The van der Waals surface area contributed by atoms with Gasteiger partial charge >= 0.3 is 12.2 Å². The number of nitriles is 1. The highest BCUT2D eigenvalue weighted by atomic mass is 32.1. The number of benzene rings is 3. The number of carbonyl (C=O) groups excluding carboxylic acids is 6. The SMILES string of the molecule is Cc1ncsc1-c1ccc(CNC(=O)[C@@H]2C[C@@H](O)CN2C(=O)[C@@H](NC(=O)CCCOCCOCCCC(=O)c2ccc(N3C(=O)N(c4ccc(C#N)c(C(F)(F)F)c4)C(=O)C3(C)C)cc2F)C(C)(C)C)cc1. The zero-order chi connectivity index (χ0) is 52.7. The fraction of sp³-hybridized carbons (Fsp3) is 0.451. The number of thiazole rings is 1. The topological polar surface area (TPSA) is 212 Å². The second kappa shape index (κ2) is 22.9.